The van der Waals surface area contributed by atoms with Gasteiger partial charge in [0.25, 0.3) is 0 Å². The molecule has 0 atom stereocenters. The van der Waals surface area contributed by atoms with Crippen LogP contribution in [0.2, 0.25) is 0 Å². The van der Waals surface area contributed by atoms with E-state index in [0.717, 1.165) is 32.0 Å². The Bertz CT molecular complexity index is 479. The van der Waals surface area contributed by atoms with Gasteiger partial charge < -0.3 is 15.4 Å². The molecule has 0 saturated carbocycles. The minimum absolute atomic E-state index is 0.162. The quantitative estimate of drug-likeness (QED) is 0.834. The Morgan fingerprint density at radius 3 is 2.52 bits per heavy atom. The normalized spacial score (nSPS) is 16.8. The second-order valence-corrected chi connectivity index (χ2v) is 6.09. The standard InChI is InChI=1S/C15H24N4O2/c1-15(2,14(20)21-3)11-18-6-8-19(9-7-18)13-5-4-12(16)10-17-13/h4-5,10H,6-9,11,16H2,1-3H3. The van der Waals surface area contributed by atoms with Gasteiger partial charge in [0.1, 0.15) is 5.82 Å². The van der Waals surface area contributed by atoms with E-state index in [9.17, 15) is 4.79 Å². The molecule has 0 amide bonds. The number of anilines is 2. The number of rotatable bonds is 4. The molecule has 0 bridgehead atoms. The number of carbonyl (C=O) groups excluding carboxylic acids is 1. The van der Waals surface area contributed by atoms with Crippen LogP contribution in [0.15, 0.2) is 18.3 Å². The summed E-state index contributed by atoms with van der Waals surface area (Å²) in [6, 6.07) is 3.82. The van der Waals surface area contributed by atoms with Crippen LogP contribution in [0, 0.1) is 5.41 Å². The number of aromatic nitrogens is 1. The molecule has 2 heterocycles. The second kappa shape index (κ2) is 6.30. The topological polar surface area (TPSA) is 71.7 Å². The Labute approximate surface area is 125 Å². The van der Waals surface area contributed by atoms with Crippen LogP contribution in [0.1, 0.15) is 13.8 Å². The Hall–Kier alpha value is -1.82. The number of nitrogen functional groups attached to an aromatic ring is 1. The summed E-state index contributed by atoms with van der Waals surface area (Å²) in [5.41, 5.74) is 5.86. The fourth-order valence-corrected chi connectivity index (χ4v) is 2.62. The van der Waals surface area contributed by atoms with Crippen molar-refractivity contribution in [2.75, 3.05) is 50.5 Å². The number of methoxy groups -OCH3 is 1. The average Bonchev–Trinajstić information content (AvgIpc) is 2.47. The number of nitrogens with zero attached hydrogens (tertiary/aromatic N) is 3. The number of carbonyl (C=O) groups is 1. The van der Waals surface area contributed by atoms with Crippen molar-refractivity contribution < 1.29 is 9.53 Å². The number of hydrogen-bond acceptors (Lipinski definition) is 6. The SMILES string of the molecule is COC(=O)C(C)(C)CN1CCN(c2ccc(N)cn2)CC1. The molecule has 116 valence electrons. The van der Waals surface area contributed by atoms with E-state index in [1.807, 2.05) is 26.0 Å². The molecular weight excluding hydrogens is 268 g/mol. The molecule has 1 aliphatic heterocycles. The van der Waals surface area contributed by atoms with Gasteiger partial charge in [-0.1, -0.05) is 0 Å². The van der Waals surface area contributed by atoms with E-state index in [1.165, 1.54) is 7.11 Å². The van der Waals surface area contributed by atoms with Gasteiger partial charge in [0, 0.05) is 32.7 Å². The summed E-state index contributed by atoms with van der Waals surface area (Å²) in [6.45, 7) is 8.17. The van der Waals surface area contributed by atoms with Gasteiger partial charge in [-0.15, -0.1) is 0 Å². The molecule has 2 N–H and O–H groups in total. The summed E-state index contributed by atoms with van der Waals surface area (Å²) in [6.07, 6.45) is 1.68. The molecule has 21 heavy (non-hydrogen) atoms. The number of nitrogens with two attached hydrogens (primary N) is 1. The third kappa shape index (κ3) is 3.85. The first-order valence-electron chi connectivity index (χ1n) is 7.19. The smallest absolute Gasteiger partial charge is 0.312 e. The van der Waals surface area contributed by atoms with Crippen molar-refractivity contribution >= 4 is 17.5 Å². The molecule has 2 rings (SSSR count). The zero-order chi connectivity index (χ0) is 15.5. The van der Waals surface area contributed by atoms with Crippen LogP contribution in [0.25, 0.3) is 0 Å². The summed E-state index contributed by atoms with van der Waals surface area (Å²) in [7, 11) is 1.44. The number of esters is 1. The molecule has 0 aromatic carbocycles. The predicted molar refractivity (Wildman–Crippen MR) is 83.1 cm³/mol. The van der Waals surface area contributed by atoms with Crippen LogP contribution < -0.4 is 10.6 Å². The summed E-state index contributed by atoms with van der Waals surface area (Å²) in [5.74, 6) is 0.793. The van der Waals surface area contributed by atoms with Crippen molar-refractivity contribution in [2.45, 2.75) is 13.8 Å². The lowest BCUT2D eigenvalue weighted by atomic mass is 9.92. The maximum atomic E-state index is 11.7. The van der Waals surface area contributed by atoms with Gasteiger partial charge in [0.2, 0.25) is 0 Å². The highest BCUT2D eigenvalue weighted by atomic mass is 16.5. The highest BCUT2D eigenvalue weighted by molar-refractivity contribution is 5.76. The van der Waals surface area contributed by atoms with E-state index in [-0.39, 0.29) is 5.97 Å². The molecule has 0 radical (unpaired) electrons. The van der Waals surface area contributed by atoms with Gasteiger partial charge in [-0.2, -0.15) is 0 Å². The first-order chi connectivity index (χ1) is 9.92. The third-order valence-electron chi connectivity index (χ3n) is 3.82. The molecule has 1 fully saturated rings. The minimum Gasteiger partial charge on any atom is -0.469 e. The fourth-order valence-electron chi connectivity index (χ4n) is 2.62. The molecular formula is C15H24N4O2. The lowest BCUT2D eigenvalue weighted by molar-refractivity contribution is -0.151. The molecule has 0 spiro atoms. The van der Waals surface area contributed by atoms with Crippen molar-refractivity contribution in [1.82, 2.24) is 9.88 Å². The molecule has 1 aromatic heterocycles. The van der Waals surface area contributed by atoms with Crippen molar-refractivity contribution in [3.05, 3.63) is 18.3 Å². The molecule has 0 unspecified atom stereocenters. The van der Waals surface area contributed by atoms with Crippen LogP contribution in [-0.2, 0) is 9.53 Å². The third-order valence-corrected chi connectivity index (χ3v) is 3.82. The van der Waals surface area contributed by atoms with Crippen LogP contribution in [0.5, 0.6) is 0 Å². The molecule has 1 aliphatic rings. The van der Waals surface area contributed by atoms with E-state index < -0.39 is 5.41 Å². The predicted octanol–water partition coefficient (Wildman–Crippen LogP) is 0.985. The summed E-state index contributed by atoms with van der Waals surface area (Å²) in [5, 5.41) is 0. The first-order valence-corrected chi connectivity index (χ1v) is 7.19. The van der Waals surface area contributed by atoms with Crippen molar-refractivity contribution in [2.24, 2.45) is 5.41 Å². The van der Waals surface area contributed by atoms with Crippen LogP contribution in [0.4, 0.5) is 11.5 Å². The summed E-state index contributed by atoms with van der Waals surface area (Å²) in [4.78, 5) is 20.6. The van der Waals surface area contributed by atoms with E-state index in [4.69, 9.17) is 10.5 Å². The van der Waals surface area contributed by atoms with E-state index >= 15 is 0 Å². The van der Waals surface area contributed by atoms with Crippen LogP contribution >= 0.6 is 0 Å². The number of piperazine rings is 1. The Kier molecular flexibility index (Phi) is 4.67. The van der Waals surface area contributed by atoms with Gasteiger partial charge in [0.15, 0.2) is 0 Å². The van der Waals surface area contributed by atoms with Gasteiger partial charge in [-0.05, 0) is 26.0 Å². The molecule has 6 heteroatoms. The summed E-state index contributed by atoms with van der Waals surface area (Å²) >= 11 is 0. The Morgan fingerprint density at radius 2 is 2.00 bits per heavy atom. The highest BCUT2D eigenvalue weighted by Crippen LogP contribution is 2.21. The van der Waals surface area contributed by atoms with Gasteiger partial charge in [-0.3, -0.25) is 9.69 Å². The molecule has 1 saturated heterocycles. The zero-order valence-electron chi connectivity index (χ0n) is 13.0. The maximum absolute atomic E-state index is 11.7. The molecule has 1 aromatic rings. The fraction of sp³-hybridized carbons (Fsp3) is 0.600. The largest absolute Gasteiger partial charge is 0.469 e. The summed E-state index contributed by atoms with van der Waals surface area (Å²) < 4.78 is 4.86. The lowest BCUT2D eigenvalue weighted by Gasteiger charge is -2.38. The number of pyridine rings is 1. The van der Waals surface area contributed by atoms with Crippen molar-refractivity contribution in [1.29, 1.82) is 0 Å². The van der Waals surface area contributed by atoms with Gasteiger partial charge in [0.05, 0.1) is 24.4 Å². The molecule has 0 aliphatic carbocycles. The van der Waals surface area contributed by atoms with E-state index in [2.05, 4.69) is 14.8 Å². The Morgan fingerprint density at radius 1 is 1.33 bits per heavy atom. The molecule has 6 nitrogen and oxygen atoms in total. The van der Waals surface area contributed by atoms with Crippen LogP contribution in [-0.4, -0.2) is 55.7 Å². The van der Waals surface area contributed by atoms with Crippen molar-refractivity contribution in [3.8, 4) is 0 Å². The second-order valence-electron chi connectivity index (χ2n) is 6.09. The number of ether oxygens (including phenoxy) is 1. The van der Waals surface area contributed by atoms with Crippen molar-refractivity contribution in [3.63, 3.8) is 0 Å². The number of hydrogen-bond donors (Lipinski definition) is 1. The first kappa shape index (κ1) is 15.6. The lowest BCUT2D eigenvalue weighted by Crippen LogP contribution is -2.50. The van der Waals surface area contributed by atoms with E-state index in [0.29, 0.717) is 12.2 Å². The average molecular weight is 292 g/mol. The monoisotopic (exact) mass is 292 g/mol. The van der Waals surface area contributed by atoms with Gasteiger partial charge >= 0.3 is 5.97 Å². The minimum atomic E-state index is -0.476. The highest BCUT2D eigenvalue weighted by Gasteiger charge is 2.32. The Balaban J connectivity index is 1.88. The zero-order valence-corrected chi connectivity index (χ0v) is 13.0. The maximum Gasteiger partial charge on any atom is 0.312 e. The van der Waals surface area contributed by atoms with Gasteiger partial charge in [-0.25, -0.2) is 4.98 Å². The van der Waals surface area contributed by atoms with E-state index in [1.54, 1.807) is 6.20 Å². The van der Waals surface area contributed by atoms with Crippen LogP contribution in [0.3, 0.4) is 0 Å².